The predicted molar refractivity (Wildman–Crippen MR) is 84.3 cm³/mol. The molecular formula is C13H18ClN3O2S. The van der Waals surface area contributed by atoms with Gasteiger partial charge in [0.25, 0.3) is 0 Å². The molecule has 1 aromatic carbocycles. The van der Waals surface area contributed by atoms with E-state index in [0.29, 0.717) is 17.1 Å². The first-order chi connectivity index (χ1) is 9.45. The van der Waals surface area contributed by atoms with E-state index in [4.69, 9.17) is 17.3 Å². The van der Waals surface area contributed by atoms with Crippen LogP contribution in [0.1, 0.15) is 12.0 Å². The molecule has 4 N–H and O–H groups in total. The molecule has 0 unspecified atom stereocenters. The SMILES string of the molecule is CSCC[C@H](NC(N)=O)C(=O)Nc1cccc(Cl)c1C. The number of nitrogens with two attached hydrogens (primary N) is 1. The Labute approximate surface area is 127 Å². The second-order valence-electron chi connectivity index (χ2n) is 4.24. The van der Waals surface area contributed by atoms with E-state index in [1.54, 1.807) is 30.0 Å². The minimum absolute atomic E-state index is 0.303. The normalized spacial score (nSPS) is 11.8. The number of hydrogen-bond acceptors (Lipinski definition) is 3. The zero-order chi connectivity index (χ0) is 15.1. The number of anilines is 1. The van der Waals surface area contributed by atoms with Gasteiger partial charge >= 0.3 is 6.03 Å². The first-order valence-electron chi connectivity index (χ1n) is 6.06. The third-order valence-electron chi connectivity index (χ3n) is 2.77. The molecule has 5 nitrogen and oxygen atoms in total. The maximum atomic E-state index is 12.2. The van der Waals surface area contributed by atoms with Gasteiger partial charge in [0.2, 0.25) is 5.91 Å². The minimum Gasteiger partial charge on any atom is -0.352 e. The third-order valence-corrected chi connectivity index (χ3v) is 3.82. The molecule has 7 heteroatoms. The maximum Gasteiger partial charge on any atom is 0.312 e. The van der Waals surface area contributed by atoms with E-state index in [1.165, 1.54) is 0 Å². The molecule has 0 heterocycles. The lowest BCUT2D eigenvalue weighted by Crippen LogP contribution is -2.46. The van der Waals surface area contributed by atoms with Crippen LogP contribution in [-0.4, -0.2) is 30.0 Å². The number of benzene rings is 1. The van der Waals surface area contributed by atoms with Crippen LogP contribution in [0.5, 0.6) is 0 Å². The molecule has 0 bridgehead atoms. The van der Waals surface area contributed by atoms with Crippen molar-refractivity contribution >= 4 is 41.0 Å². The van der Waals surface area contributed by atoms with Crippen LogP contribution in [0.2, 0.25) is 5.02 Å². The predicted octanol–water partition coefficient (Wildman–Crippen LogP) is 2.38. The molecule has 0 fully saturated rings. The molecular weight excluding hydrogens is 298 g/mol. The Morgan fingerprint density at radius 3 is 2.75 bits per heavy atom. The summed E-state index contributed by atoms with van der Waals surface area (Å²) in [6.45, 7) is 1.82. The number of urea groups is 1. The summed E-state index contributed by atoms with van der Waals surface area (Å²) in [5.74, 6) is 0.440. The molecule has 110 valence electrons. The van der Waals surface area contributed by atoms with Crippen LogP contribution in [0.3, 0.4) is 0 Å². The highest BCUT2D eigenvalue weighted by atomic mass is 35.5. The van der Waals surface area contributed by atoms with Gasteiger partial charge in [0.15, 0.2) is 0 Å². The standard InChI is InChI=1S/C13H18ClN3O2S/c1-8-9(14)4-3-5-10(8)16-12(18)11(6-7-20-2)17-13(15)19/h3-5,11H,6-7H2,1-2H3,(H,16,18)(H3,15,17,19)/t11-/m0/s1. The Kier molecular flexibility index (Phi) is 6.67. The van der Waals surface area contributed by atoms with Crippen LogP contribution < -0.4 is 16.4 Å². The van der Waals surface area contributed by atoms with Gasteiger partial charge in [0.1, 0.15) is 6.04 Å². The number of carbonyl (C=O) groups is 2. The fourth-order valence-electron chi connectivity index (χ4n) is 1.64. The number of carbonyl (C=O) groups excluding carboxylic acids is 2. The van der Waals surface area contributed by atoms with Crippen LogP contribution >= 0.6 is 23.4 Å². The number of nitrogens with one attached hydrogen (secondary N) is 2. The minimum atomic E-state index is -0.714. The van der Waals surface area contributed by atoms with E-state index in [-0.39, 0.29) is 5.91 Å². The van der Waals surface area contributed by atoms with E-state index in [1.807, 2.05) is 13.2 Å². The highest BCUT2D eigenvalue weighted by molar-refractivity contribution is 7.98. The summed E-state index contributed by atoms with van der Waals surface area (Å²) in [6.07, 6.45) is 2.44. The topological polar surface area (TPSA) is 84.2 Å². The van der Waals surface area contributed by atoms with Crippen LogP contribution in [0.4, 0.5) is 10.5 Å². The van der Waals surface area contributed by atoms with Gasteiger partial charge in [-0.15, -0.1) is 0 Å². The van der Waals surface area contributed by atoms with E-state index >= 15 is 0 Å². The average Bonchev–Trinajstić information content (AvgIpc) is 2.39. The summed E-state index contributed by atoms with van der Waals surface area (Å²) in [5, 5.41) is 5.79. The molecule has 1 aromatic rings. The molecule has 0 aliphatic rings. The Morgan fingerprint density at radius 2 is 2.15 bits per heavy atom. The van der Waals surface area contributed by atoms with Crippen molar-refractivity contribution < 1.29 is 9.59 Å². The lowest BCUT2D eigenvalue weighted by atomic mass is 10.1. The molecule has 1 atom stereocenters. The fourth-order valence-corrected chi connectivity index (χ4v) is 2.28. The van der Waals surface area contributed by atoms with Gasteiger partial charge in [0, 0.05) is 10.7 Å². The molecule has 0 aliphatic heterocycles. The molecule has 0 aromatic heterocycles. The Hall–Kier alpha value is -1.40. The Bertz CT molecular complexity index is 497. The quantitative estimate of drug-likeness (QED) is 0.753. The lowest BCUT2D eigenvalue weighted by Gasteiger charge is -2.18. The highest BCUT2D eigenvalue weighted by Gasteiger charge is 2.20. The van der Waals surface area contributed by atoms with Gasteiger partial charge in [-0.05, 0) is 43.0 Å². The van der Waals surface area contributed by atoms with E-state index in [9.17, 15) is 9.59 Å². The van der Waals surface area contributed by atoms with Gasteiger partial charge in [-0.2, -0.15) is 11.8 Å². The monoisotopic (exact) mass is 315 g/mol. The molecule has 0 spiro atoms. The number of rotatable bonds is 6. The smallest absolute Gasteiger partial charge is 0.312 e. The van der Waals surface area contributed by atoms with Gasteiger partial charge in [0.05, 0.1) is 0 Å². The summed E-state index contributed by atoms with van der Waals surface area (Å²) in [6, 6.07) is 3.89. The second-order valence-corrected chi connectivity index (χ2v) is 5.64. The summed E-state index contributed by atoms with van der Waals surface area (Å²) in [5.41, 5.74) is 6.50. The number of thioether (sulfide) groups is 1. The first kappa shape index (κ1) is 16.7. The molecule has 0 aliphatic carbocycles. The summed E-state index contributed by atoms with van der Waals surface area (Å²) in [7, 11) is 0. The molecule has 1 rings (SSSR count). The van der Waals surface area contributed by atoms with Crippen LogP contribution in [0, 0.1) is 6.92 Å². The summed E-state index contributed by atoms with van der Waals surface area (Å²) >= 11 is 7.59. The van der Waals surface area contributed by atoms with Crippen molar-refractivity contribution in [2.45, 2.75) is 19.4 Å². The number of hydrogen-bond donors (Lipinski definition) is 3. The second kappa shape index (κ2) is 8.01. The van der Waals surface area contributed by atoms with E-state index in [2.05, 4.69) is 10.6 Å². The van der Waals surface area contributed by atoms with Crippen LogP contribution in [-0.2, 0) is 4.79 Å². The van der Waals surface area contributed by atoms with Crippen molar-refractivity contribution in [1.82, 2.24) is 5.32 Å². The molecule has 20 heavy (non-hydrogen) atoms. The number of amides is 3. The average molecular weight is 316 g/mol. The fraction of sp³-hybridized carbons (Fsp3) is 0.385. The summed E-state index contributed by atoms with van der Waals surface area (Å²) in [4.78, 5) is 23.1. The summed E-state index contributed by atoms with van der Waals surface area (Å²) < 4.78 is 0. The van der Waals surface area contributed by atoms with Crippen molar-refractivity contribution in [3.8, 4) is 0 Å². The van der Waals surface area contributed by atoms with Crippen molar-refractivity contribution in [2.24, 2.45) is 5.73 Å². The van der Waals surface area contributed by atoms with Gasteiger partial charge in [-0.3, -0.25) is 4.79 Å². The third kappa shape index (κ3) is 4.94. The van der Waals surface area contributed by atoms with Gasteiger partial charge in [-0.25, -0.2) is 4.79 Å². The molecule has 0 saturated heterocycles. The van der Waals surface area contributed by atoms with Crippen molar-refractivity contribution in [3.63, 3.8) is 0 Å². The Balaban J connectivity index is 2.79. The largest absolute Gasteiger partial charge is 0.352 e. The van der Waals surface area contributed by atoms with Gasteiger partial charge < -0.3 is 16.4 Å². The lowest BCUT2D eigenvalue weighted by molar-refractivity contribution is -0.117. The molecule has 3 amide bonds. The zero-order valence-electron chi connectivity index (χ0n) is 11.4. The molecule has 0 saturated carbocycles. The zero-order valence-corrected chi connectivity index (χ0v) is 13.0. The highest BCUT2D eigenvalue weighted by Crippen LogP contribution is 2.23. The first-order valence-corrected chi connectivity index (χ1v) is 7.83. The molecule has 0 radical (unpaired) electrons. The Morgan fingerprint density at radius 1 is 1.45 bits per heavy atom. The number of primary amides is 1. The number of halogens is 1. The van der Waals surface area contributed by atoms with Crippen LogP contribution in [0.15, 0.2) is 18.2 Å². The van der Waals surface area contributed by atoms with Crippen molar-refractivity contribution in [2.75, 3.05) is 17.3 Å². The van der Waals surface area contributed by atoms with E-state index in [0.717, 1.165) is 11.3 Å². The van der Waals surface area contributed by atoms with Gasteiger partial charge in [-0.1, -0.05) is 17.7 Å². The van der Waals surface area contributed by atoms with Crippen LogP contribution in [0.25, 0.3) is 0 Å². The maximum absolute atomic E-state index is 12.2. The van der Waals surface area contributed by atoms with Crippen molar-refractivity contribution in [3.05, 3.63) is 28.8 Å². The van der Waals surface area contributed by atoms with E-state index < -0.39 is 12.1 Å². The van der Waals surface area contributed by atoms with Crippen molar-refractivity contribution in [1.29, 1.82) is 0 Å².